The molecule has 1 fully saturated rings. The number of nitrogens with one attached hydrogen (secondary N) is 1. The van der Waals surface area contributed by atoms with Crippen LogP contribution in [0.1, 0.15) is 40.0 Å². The molecule has 0 aromatic rings. The van der Waals surface area contributed by atoms with Crippen LogP contribution in [0.2, 0.25) is 0 Å². The third-order valence-electron chi connectivity index (χ3n) is 3.17. The van der Waals surface area contributed by atoms with E-state index in [2.05, 4.69) is 26.1 Å². The van der Waals surface area contributed by atoms with Crippen LogP contribution in [0, 0.1) is 5.92 Å². The minimum absolute atomic E-state index is 0.464. The minimum Gasteiger partial charge on any atom is -0.328 e. The molecule has 0 bridgehead atoms. The molecule has 2 heteroatoms. The molecule has 2 nitrogen and oxygen atoms in total. The van der Waals surface area contributed by atoms with Crippen LogP contribution in [0.15, 0.2) is 0 Å². The third-order valence-corrected chi connectivity index (χ3v) is 3.17. The molecule has 0 aliphatic heterocycles. The van der Waals surface area contributed by atoms with E-state index in [0.717, 1.165) is 5.92 Å². The lowest BCUT2D eigenvalue weighted by Gasteiger charge is -2.36. The van der Waals surface area contributed by atoms with Crippen molar-refractivity contribution in [2.24, 2.45) is 11.7 Å². The molecule has 1 aliphatic rings. The summed E-state index contributed by atoms with van der Waals surface area (Å²) < 4.78 is 0. The lowest BCUT2D eigenvalue weighted by Crippen LogP contribution is -2.52. The molecular formula is C10H22N2. The van der Waals surface area contributed by atoms with Crippen molar-refractivity contribution in [1.82, 2.24) is 5.32 Å². The molecule has 0 aromatic heterocycles. The summed E-state index contributed by atoms with van der Waals surface area (Å²) in [6, 6.07) is 1.81. The smallest absolute Gasteiger partial charge is 0.00991 e. The highest BCUT2D eigenvalue weighted by Crippen LogP contribution is 2.19. The van der Waals surface area contributed by atoms with Crippen molar-refractivity contribution in [3.05, 3.63) is 0 Å². The first-order valence-electron chi connectivity index (χ1n) is 5.15. The summed E-state index contributed by atoms with van der Waals surface area (Å²) in [4.78, 5) is 0. The Bertz CT molecular complexity index is 130. The van der Waals surface area contributed by atoms with E-state index in [-0.39, 0.29) is 0 Å². The largest absolute Gasteiger partial charge is 0.328 e. The second-order valence-electron chi connectivity index (χ2n) is 4.27. The van der Waals surface area contributed by atoms with Gasteiger partial charge in [0, 0.05) is 18.1 Å². The van der Waals surface area contributed by atoms with Gasteiger partial charge in [-0.3, -0.25) is 0 Å². The van der Waals surface area contributed by atoms with Crippen LogP contribution in [-0.2, 0) is 0 Å². The fourth-order valence-electron chi connectivity index (χ4n) is 1.69. The molecule has 2 atom stereocenters. The molecule has 0 saturated heterocycles. The Hall–Kier alpha value is -0.0800. The quantitative estimate of drug-likeness (QED) is 0.671. The van der Waals surface area contributed by atoms with Gasteiger partial charge in [0.2, 0.25) is 0 Å². The van der Waals surface area contributed by atoms with Crippen LogP contribution in [0.25, 0.3) is 0 Å². The van der Waals surface area contributed by atoms with E-state index in [0.29, 0.717) is 18.1 Å². The fourth-order valence-corrected chi connectivity index (χ4v) is 1.69. The Balaban J connectivity index is 2.14. The molecule has 3 N–H and O–H groups in total. The van der Waals surface area contributed by atoms with Crippen molar-refractivity contribution < 1.29 is 0 Å². The van der Waals surface area contributed by atoms with Crippen molar-refractivity contribution in [1.29, 1.82) is 0 Å². The van der Waals surface area contributed by atoms with Crippen LogP contribution in [0.5, 0.6) is 0 Å². The maximum atomic E-state index is 5.71. The summed E-state index contributed by atoms with van der Waals surface area (Å²) in [5.41, 5.74) is 5.71. The predicted molar refractivity (Wildman–Crippen MR) is 53.1 cm³/mol. The van der Waals surface area contributed by atoms with Crippen LogP contribution >= 0.6 is 0 Å². The summed E-state index contributed by atoms with van der Waals surface area (Å²) in [6.07, 6.45) is 3.59. The van der Waals surface area contributed by atoms with E-state index in [1.807, 2.05) is 0 Å². The molecule has 1 rings (SSSR count). The topological polar surface area (TPSA) is 38.0 Å². The SMILES string of the molecule is CCC(C)C(C)NC1CC(N)C1. The lowest BCUT2D eigenvalue weighted by molar-refractivity contribution is 0.243. The molecule has 72 valence electrons. The Morgan fingerprint density at radius 2 is 2.00 bits per heavy atom. The first-order chi connectivity index (χ1) is 5.63. The third kappa shape index (κ3) is 2.46. The lowest BCUT2D eigenvalue weighted by atomic mass is 9.86. The first kappa shape index (κ1) is 10.0. The van der Waals surface area contributed by atoms with Gasteiger partial charge < -0.3 is 11.1 Å². The zero-order chi connectivity index (χ0) is 9.14. The van der Waals surface area contributed by atoms with Gasteiger partial charge >= 0.3 is 0 Å². The summed E-state index contributed by atoms with van der Waals surface area (Å²) in [5, 5.41) is 3.62. The van der Waals surface area contributed by atoms with E-state index in [1.165, 1.54) is 19.3 Å². The Morgan fingerprint density at radius 1 is 1.42 bits per heavy atom. The number of rotatable bonds is 4. The van der Waals surface area contributed by atoms with E-state index in [4.69, 9.17) is 5.73 Å². The molecule has 1 aliphatic carbocycles. The van der Waals surface area contributed by atoms with E-state index in [9.17, 15) is 0 Å². The van der Waals surface area contributed by atoms with E-state index >= 15 is 0 Å². The molecule has 0 amide bonds. The Labute approximate surface area is 75.9 Å². The van der Waals surface area contributed by atoms with Crippen molar-refractivity contribution >= 4 is 0 Å². The fraction of sp³-hybridized carbons (Fsp3) is 1.00. The van der Waals surface area contributed by atoms with Gasteiger partial charge in [-0.15, -0.1) is 0 Å². The second kappa shape index (κ2) is 4.24. The van der Waals surface area contributed by atoms with Crippen molar-refractivity contribution in [2.45, 2.75) is 58.2 Å². The standard InChI is InChI=1S/C10H22N2/c1-4-7(2)8(3)12-10-5-9(11)6-10/h7-10,12H,4-6,11H2,1-3H3. The van der Waals surface area contributed by atoms with Crippen LogP contribution in [0.3, 0.4) is 0 Å². The zero-order valence-electron chi connectivity index (χ0n) is 8.51. The Morgan fingerprint density at radius 3 is 2.42 bits per heavy atom. The molecule has 2 unspecified atom stereocenters. The summed E-state index contributed by atoms with van der Waals surface area (Å²) >= 11 is 0. The summed E-state index contributed by atoms with van der Waals surface area (Å²) in [5.74, 6) is 0.779. The monoisotopic (exact) mass is 170 g/mol. The van der Waals surface area contributed by atoms with E-state index in [1.54, 1.807) is 0 Å². The highest BCUT2D eigenvalue weighted by Gasteiger charge is 2.27. The van der Waals surface area contributed by atoms with Crippen LogP contribution in [0.4, 0.5) is 0 Å². The van der Waals surface area contributed by atoms with Crippen LogP contribution in [-0.4, -0.2) is 18.1 Å². The normalized spacial score (nSPS) is 34.0. The molecule has 1 saturated carbocycles. The Kier molecular flexibility index (Phi) is 3.53. The maximum Gasteiger partial charge on any atom is 0.00991 e. The van der Waals surface area contributed by atoms with Gasteiger partial charge in [-0.2, -0.15) is 0 Å². The summed E-state index contributed by atoms with van der Waals surface area (Å²) in [6.45, 7) is 6.82. The molecule has 12 heavy (non-hydrogen) atoms. The zero-order valence-corrected chi connectivity index (χ0v) is 8.51. The van der Waals surface area contributed by atoms with Crippen LogP contribution < -0.4 is 11.1 Å². The van der Waals surface area contributed by atoms with Crippen molar-refractivity contribution in [3.8, 4) is 0 Å². The van der Waals surface area contributed by atoms with E-state index < -0.39 is 0 Å². The van der Waals surface area contributed by atoms with Gasteiger partial charge in [0.15, 0.2) is 0 Å². The van der Waals surface area contributed by atoms with Gasteiger partial charge in [0.05, 0.1) is 0 Å². The summed E-state index contributed by atoms with van der Waals surface area (Å²) in [7, 11) is 0. The number of hydrogen-bond donors (Lipinski definition) is 2. The molecular weight excluding hydrogens is 148 g/mol. The van der Waals surface area contributed by atoms with Crippen molar-refractivity contribution in [3.63, 3.8) is 0 Å². The molecule has 0 radical (unpaired) electrons. The van der Waals surface area contributed by atoms with Gasteiger partial charge in [0.25, 0.3) is 0 Å². The van der Waals surface area contributed by atoms with Gasteiger partial charge in [0.1, 0.15) is 0 Å². The maximum absolute atomic E-state index is 5.71. The minimum atomic E-state index is 0.464. The van der Waals surface area contributed by atoms with Gasteiger partial charge in [-0.25, -0.2) is 0 Å². The molecule has 0 aromatic carbocycles. The van der Waals surface area contributed by atoms with Gasteiger partial charge in [-0.05, 0) is 25.7 Å². The predicted octanol–water partition coefficient (Wildman–Crippen LogP) is 1.50. The molecule has 0 heterocycles. The van der Waals surface area contributed by atoms with Gasteiger partial charge in [-0.1, -0.05) is 20.3 Å². The first-order valence-corrected chi connectivity index (χ1v) is 5.15. The van der Waals surface area contributed by atoms with Crippen molar-refractivity contribution in [2.75, 3.05) is 0 Å². The highest BCUT2D eigenvalue weighted by atomic mass is 15.0. The highest BCUT2D eigenvalue weighted by molar-refractivity contribution is 4.89. The molecule has 0 spiro atoms. The average molecular weight is 170 g/mol. The number of nitrogens with two attached hydrogens (primary N) is 1. The number of hydrogen-bond acceptors (Lipinski definition) is 2. The second-order valence-corrected chi connectivity index (χ2v) is 4.27. The average Bonchev–Trinajstić information content (AvgIpc) is 2.00.